The van der Waals surface area contributed by atoms with Crippen molar-refractivity contribution in [2.75, 3.05) is 5.73 Å². The Labute approximate surface area is 216 Å². The van der Waals surface area contributed by atoms with Crippen molar-refractivity contribution in [1.82, 2.24) is 9.55 Å². The first-order valence-electron chi connectivity index (χ1n) is 10.7. The maximum Gasteiger partial charge on any atom is 0.362 e. The molecule has 4 aromatic rings. The SMILES string of the molecule is CC(C)OC(=O)C1=c2oc(=O)/c(=C\c3ccc(Br)cc3)n2-c2oc(N)nc2C1c1ccc(Br)cc1. The van der Waals surface area contributed by atoms with Crippen LogP contribution in [0.15, 0.2) is 71.1 Å². The fourth-order valence-electron chi connectivity index (χ4n) is 4.02. The third-order valence-corrected chi connectivity index (χ3v) is 6.49. The Morgan fingerprint density at radius 3 is 2.34 bits per heavy atom. The number of anilines is 1. The van der Waals surface area contributed by atoms with Crippen molar-refractivity contribution in [3.63, 3.8) is 0 Å². The number of hydrogen-bond acceptors (Lipinski definition) is 7. The molecule has 2 aromatic heterocycles. The van der Waals surface area contributed by atoms with Gasteiger partial charge in [0.05, 0.1) is 12.0 Å². The van der Waals surface area contributed by atoms with E-state index >= 15 is 0 Å². The lowest BCUT2D eigenvalue weighted by Gasteiger charge is -2.22. The number of halogens is 2. The molecule has 0 fully saturated rings. The van der Waals surface area contributed by atoms with Crippen LogP contribution in [0.2, 0.25) is 0 Å². The number of carbonyl (C=O) groups excluding carboxylic acids is 1. The summed E-state index contributed by atoms with van der Waals surface area (Å²) < 4.78 is 20.2. The van der Waals surface area contributed by atoms with Crippen molar-refractivity contribution < 1.29 is 18.4 Å². The van der Waals surface area contributed by atoms with Gasteiger partial charge in [0.15, 0.2) is 0 Å². The van der Waals surface area contributed by atoms with Gasteiger partial charge in [0, 0.05) is 8.95 Å². The summed E-state index contributed by atoms with van der Waals surface area (Å²) in [6.45, 7) is 3.49. The van der Waals surface area contributed by atoms with Crippen LogP contribution in [0.1, 0.15) is 36.6 Å². The molecule has 10 heteroatoms. The van der Waals surface area contributed by atoms with E-state index in [0.717, 1.165) is 20.1 Å². The van der Waals surface area contributed by atoms with Crippen LogP contribution >= 0.6 is 31.9 Å². The summed E-state index contributed by atoms with van der Waals surface area (Å²) >= 11 is 6.84. The highest BCUT2D eigenvalue weighted by Gasteiger charge is 2.39. The molecule has 3 heterocycles. The second-order valence-electron chi connectivity index (χ2n) is 8.21. The molecule has 0 spiro atoms. The zero-order valence-corrected chi connectivity index (χ0v) is 21.8. The second kappa shape index (κ2) is 9.01. The second-order valence-corrected chi connectivity index (χ2v) is 10.0. The van der Waals surface area contributed by atoms with Crippen molar-refractivity contribution in [1.29, 1.82) is 0 Å². The number of nitrogens with zero attached hydrogens (tertiary/aromatic N) is 2. The average Bonchev–Trinajstić information content (AvgIpc) is 3.33. The van der Waals surface area contributed by atoms with Crippen LogP contribution < -0.4 is 22.3 Å². The predicted octanol–water partition coefficient (Wildman–Crippen LogP) is 3.60. The van der Waals surface area contributed by atoms with Crippen LogP contribution in [0, 0.1) is 0 Å². The Morgan fingerprint density at radius 1 is 1.09 bits per heavy atom. The monoisotopic (exact) mass is 599 g/mol. The Hall–Kier alpha value is -3.37. The molecule has 0 radical (unpaired) electrons. The molecule has 1 atom stereocenters. The Bertz CT molecular complexity index is 1610. The van der Waals surface area contributed by atoms with E-state index in [0.29, 0.717) is 5.69 Å². The number of nitrogens with two attached hydrogens (primary N) is 1. The quantitative estimate of drug-likeness (QED) is 0.356. The number of oxazole rings is 2. The summed E-state index contributed by atoms with van der Waals surface area (Å²) in [4.78, 5) is 30.9. The standard InChI is InChI=1S/C25H19Br2N3O5/c1-12(2)33-24(32)19-18(14-5-9-16(27)10-6-14)20-22(35-25(28)29-20)30-17(23(31)34-21(19)30)11-13-3-7-15(26)8-4-13/h3-12,18H,1-2H3,(H2,28,29)/b17-11+. The maximum absolute atomic E-state index is 13.4. The van der Waals surface area contributed by atoms with Crippen molar-refractivity contribution >= 4 is 55.5 Å². The lowest BCUT2D eigenvalue weighted by molar-refractivity contribution is -0.140. The van der Waals surface area contributed by atoms with E-state index in [4.69, 9.17) is 19.3 Å². The van der Waals surface area contributed by atoms with Gasteiger partial charge in [0.2, 0.25) is 11.4 Å². The fourth-order valence-corrected chi connectivity index (χ4v) is 4.54. The third-order valence-electron chi connectivity index (χ3n) is 5.43. The van der Waals surface area contributed by atoms with Gasteiger partial charge >= 0.3 is 11.6 Å². The molecule has 0 amide bonds. The van der Waals surface area contributed by atoms with Gasteiger partial charge in [0.1, 0.15) is 16.6 Å². The van der Waals surface area contributed by atoms with Crippen LogP contribution in [0.3, 0.4) is 0 Å². The summed E-state index contributed by atoms with van der Waals surface area (Å²) in [6.07, 6.45) is 1.25. The minimum Gasteiger partial charge on any atom is -0.459 e. The van der Waals surface area contributed by atoms with Gasteiger partial charge in [-0.15, -0.1) is 0 Å². The molecule has 0 bridgehead atoms. The van der Waals surface area contributed by atoms with E-state index in [9.17, 15) is 9.59 Å². The highest BCUT2D eigenvalue weighted by Crippen LogP contribution is 2.39. The molecule has 2 aromatic carbocycles. The van der Waals surface area contributed by atoms with Gasteiger partial charge in [0.25, 0.3) is 6.01 Å². The van der Waals surface area contributed by atoms with Crippen LogP contribution in [0.5, 0.6) is 0 Å². The van der Waals surface area contributed by atoms with E-state index in [1.54, 1.807) is 19.9 Å². The fraction of sp³-hybridized carbons (Fsp3) is 0.160. The molecule has 2 N–H and O–H groups in total. The summed E-state index contributed by atoms with van der Waals surface area (Å²) in [6, 6.07) is 14.7. The number of esters is 1. The number of aromatic nitrogens is 2. The molecule has 1 aliphatic heterocycles. The van der Waals surface area contributed by atoms with Crippen LogP contribution in [-0.2, 0) is 9.53 Å². The molecular weight excluding hydrogens is 582 g/mol. The summed E-state index contributed by atoms with van der Waals surface area (Å²) in [5.74, 6) is -1.14. The number of benzene rings is 2. The molecule has 1 unspecified atom stereocenters. The zero-order chi connectivity index (χ0) is 24.9. The average molecular weight is 601 g/mol. The van der Waals surface area contributed by atoms with E-state index in [2.05, 4.69) is 36.8 Å². The highest BCUT2D eigenvalue weighted by atomic mass is 79.9. The molecule has 178 valence electrons. The molecule has 0 aliphatic carbocycles. The predicted molar refractivity (Wildman–Crippen MR) is 136 cm³/mol. The largest absolute Gasteiger partial charge is 0.459 e. The van der Waals surface area contributed by atoms with E-state index in [1.165, 1.54) is 4.57 Å². The minimum atomic E-state index is -0.725. The minimum absolute atomic E-state index is 0.0144. The maximum atomic E-state index is 13.4. The summed E-state index contributed by atoms with van der Waals surface area (Å²) in [5, 5.41) is 0.156. The Balaban J connectivity index is 1.88. The van der Waals surface area contributed by atoms with Gasteiger partial charge in [-0.1, -0.05) is 56.1 Å². The number of ether oxygens (including phenoxy) is 1. The first kappa shape index (κ1) is 23.4. The number of hydrogen-bond donors (Lipinski definition) is 1. The Morgan fingerprint density at radius 2 is 1.71 bits per heavy atom. The number of fused-ring (bicyclic) bond motifs is 3. The third kappa shape index (κ3) is 4.28. The van der Waals surface area contributed by atoms with Crippen molar-refractivity contribution in [2.24, 2.45) is 0 Å². The van der Waals surface area contributed by atoms with Gasteiger partial charge < -0.3 is 19.3 Å². The number of nitrogen functional groups attached to an aromatic ring is 1. The summed E-state index contributed by atoms with van der Waals surface area (Å²) in [5.41, 5.74) is 7.32. The lowest BCUT2D eigenvalue weighted by atomic mass is 9.87. The zero-order valence-electron chi connectivity index (χ0n) is 18.6. The smallest absolute Gasteiger partial charge is 0.362 e. The van der Waals surface area contributed by atoms with Gasteiger partial charge in [-0.25, -0.2) is 14.2 Å². The molecule has 35 heavy (non-hydrogen) atoms. The van der Waals surface area contributed by atoms with Gasteiger partial charge in [-0.2, -0.15) is 4.98 Å². The first-order chi connectivity index (χ1) is 16.7. The van der Waals surface area contributed by atoms with Crippen LogP contribution in [-0.4, -0.2) is 21.6 Å². The normalized spacial score (nSPS) is 15.3. The van der Waals surface area contributed by atoms with E-state index in [1.807, 2.05) is 48.5 Å². The van der Waals surface area contributed by atoms with Crippen molar-refractivity contribution in [2.45, 2.75) is 25.9 Å². The molecule has 0 saturated heterocycles. The first-order valence-corrected chi connectivity index (χ1v) is 12.3. The molecule has 0 saturated carbocycles. The van der Waals surface area contributed by atoms with Crippen LogP contribution in [0.25, 0.3) is 17.5 Å². The molecule has 8 nitrogen and oxygen atoms in total. The van der Waals surface area contributed by atoms with Crippen molar-refractivity contribution in [3.8, 4) is 5.88 Å². The van der Waals surface area contributed by atoms with E-state index < -0.39 is 23.6 Å². The Kier molecular flexibility index (Phi) is 6.02. The molecule has 1 aliphatic rings. The number of carbonyl (C=O) groups is 1. The highest BCUT2D eigenvalue weighted by molar-refractivity contribution is 9.10. The molecular formula is C25H19Br2N3O5. The van der Waals surface area contributed by atoms with Crippen LogP contribution in [0.4, 0.5) is 6.01 Å². The summed E-state index contributed by atoms with van der Waals surface area (Å²) in [7, 11) is 0. The van der Waals surface area contributed by atoms with Crippen molar-refractivity contribution in [3.05, 3.63) is 95.6 Å². The lowest BCUT2D eigenvalue weighted by Crippen LogP contribution is -2.38. The van der Waals surface area contributed by atoms with Gasteiger partial charge in [-0.3, -0.25) is 0 Å². The topological polar surface area (TPSA) is 113 Å². The van der Waals surface area contributed by atoms with E-state index in [-0.39, 0.29) is 28.4 Å². The number of rotatable bonds is 4. The molecule has 5 rings (SSSR count). The van der Waals surface area contributed by atoms with Gasteiger partial charge in [-0.05, 0) is 55.3 Å².